The fourth-order valence-corrected chi connectivity index (χ4v) is 1.86. The number of anilines is 1. The number of nitrogen functional groups attached to an aromatic ring is 1. The molecule has 5 N–H and O–H groups in total. The molecule has 7 heteroatoms. The largest absolute Gasteiger partial charge is 0.396 e. The van der Waals surface area contributed by atoms with Crippen LogP contribution in [0.2, 0.25) is 0 Å². The lowest BCUT2D eigenvalue weighted by Crippen LogP contribution is -2.35. The standard InChI is InChI=1S/C11H15FIN3O2/c1-11(2,17)10(18-15)16-9(13)6-3-4-7(12)8(14)5-6/h3-5,9,17H,14-15H2,1-2H3. The van der Waals surface area contributed by atoms with E-state index in [1.54, 1.807) is 6.07 Å². The summed E-state index contributed by atoms with van der Waals surface area (Å²) in [4.78, 5) is 8.69. The quantitative estimate of drug-likeness (QED) is 0.145. The lowest BCUT2D eigenvalue weighted by molar-refractivity contribution is 0.113. The molecule has 1 atom stereocenters. The zero-order valence-electron chi connectivity index (χ0n) is 10.0. The number of rotatable bonds is 3. The summed E-state index contributed by atoms with van der Waals surface area (Å²) in [7, 11) is 0. The van der Waals surface area contributed by atoms with Gasteiger partial charge in [0.2, 0.25) is 5.90 Å². The van der Waals surface area contributed by atoms with Crippen LogP contribution < -0.4 is 11.6 Å². The van der Waals surface area contributed by atoms with Gasteiger partial charge >= 0.3 is 0 Å². The summed E-state index contributed by atoms with van der Waals surface area (Å²) in [6.45, 7) is 3.00. The number of aliphatic hydroxyl groups is 1. The zero-order chi connectivity index (χ0) is 13.9. The number of alkyl halides is 1. The van der Waals surface area contributed by atoms with Gasteiger partial charge in [0.15, 0.2) is 0 Å². The van der Waals surface area contributed by atoms with E-state index >= 15 is 0 Å². The van der Waals surface area contributed by atoms with Crippen LogP contribution in [-0.2, 0) is 4.84 Å². The Morgan fingerprint density at radius 1 is 1.56 bits per heavy atom. The van der Waals surface area contributed by atoms with Gasteiger partial charge in [-0.25, -0.2) is 9.38 Å². The number of nitrogens with zero attached hydrogens (tertiary/aromatic N) is 1. The van der Waals surface area contributed by atoms with E-state index in [4.69, 9.17) is 11.6 Å². The number of halogens is 2. The number of hydrogen-bond acceptors (Lipinski definition) is 5. The van der Waals surface area contributed by atoms with Crippen LogP contribution >= 0.6 is 22.6 Å². The van der Waals surface area contributed by atoms with E-state index in [-0.39, 0.29) is 11.6 Å². The maximum absolute atomic E-state index is 13.0. The maximum Gasteiger partial charge on any atom is 0.241 e. The Hall–Kier alpha value is -0.930. The highest BCUT2D eigenvalue weighted by molar-refractivity contribution is 14.1. The molecular formula is C11H15FIN3O2. The number of hydrogen-bond donors (Lipinski definition) is 3. The molecule has 1 aromatic carbocycles. The summed E-state index contributed by atoms with van der Waals surface area (Å²) in [5.41, 5.74) is 4.92. The van der Waals surface area contributed by atoms with Crippen LogP contribution in [-0.4, -0.2) is 16.6 Å². The molecule has 0 heterocycles. The number of aliphatic imine (C=N–C) groups is 1. The minimum absolute atomic E-state index is 0.00945. The molecule has 1 unspecified atom stereocenters. The summed E-state index contributed by atoms with van der Waals surface area (Å²) in [5, 5.41) is 9.75. The van der Waals surface area contributed by atoms with Crippen molar-refractivity contribution in [2.45, 2.75) is 23.5 Å². The van der Waals surface area contributed by atoms with Gasteiger partial charge in [-0.15, -0.1) is 0 Å². The second kappa shape index (κ2) is 5.81. The van der Waals surface area contributed by atoms with Crippen molar-refractivity contribution < 1.29 is 14.3 Å². The fourth-order valence-electron chi connectivity index (χ4n) is 1.22. The molecule has 0 aliphatic carbocycles. The van der Waals surface area contributed by atoms with Gasteiger partial charge in [0.05, 0.1) is 5.69 Å². The Morgan fingerprint density at radius 3 is 2.61 bits per heavy atom. The van der Waals surface area contributed by atoms with Crippen LogP contribution in [0.4, 0.5) is 10.1 Å². The van der Waals surface area contributed by atoms with Gasteiger partial charge in [0.25, 0.3) is 0 Å². The Labute approximate surface area is 118 Å². The van der Waals surface area contributed by atoms with E-state index in [1.807, 2.05) is 22.6 Å². The summed E-state index contributed by atoms with van der Waals surface area (Å²) in [6.07, 6.45) is 0. The van der Waals surface area contributed by atoms with Crippen LogP contribution in [0.1, 0.15) is 23.5 Å². The smallest absolute Gasteiger partial charge is 0.241 e. The van der Waals surface area contributed by atoms with Crippen molar-refractivity contribution in [1.82, 2.24) is 0 Å². The average Bonchev–Trinajstić information content (AvgIpc) is 2.27. The van der Waals surface area contributed by atoms with Crippen molar-refractivity contribution in [2.24, 2.45) is 10.9 Å². The first-order chi connectivity index (χ1) is 8.25. The molecule has 0 aliphatic heterocycles. The molecule has 0 spiro atoms. The molecule has 18 heavy (non-hydrogen) atoms. The molecule has 100 valence electrons. The van der Waals surface area contributed by atoms with Crippen molar-refractivity contribution in [1.29, 1.82) is 0 Å². The molecule has 1 rings (SSSR count). The molecule has 0 aliphatic rings. The minimum Gasteiger partial charge on any atom is -0.396 e. The van der Waals surface area contributed by atoms with Gasteiger partial charge < -0.3 is 15.7 Å². The van der Waals surface area contributed by atoms with Crippen LogP contribution in [0.15, 0.2) is 23.2 Å². The van der Waals surface area contributed by atoms with Crippen molar-refractivity contribution in [2.75, 3.05) is 5.73 Å². The van der Waals surface area contributed by atoms with E-state index in [0.29, 0.717) is 5.56 Å². The van der Waals surface area contributed by atoms with Crippen LogP contribution in [0, 0.1) is 5.82 Å². The number of benzene rings is 1. The molecule has 0 saturated heterocycles. The lowest BCUT2D eigenvalue weighted by Gasteiger charge is -2.19. The van der Waals surface area contributed by atoms with Crippen molar-refractivity contribution in [3.8, 4) is 0 Å². The second-order valence-electron chi connectivity index (χ2n) is 4.23. The molecular weight excluding hydrogens is 352 g/mol. The SMILES string of the molecule is CC(C)(O)C(=NC(I)c1ccc(F)c(N)c1)ON. The van der Waals surface area contributed by atoms with Gasteiger partial charge in [-0.3, -0.25) is 0 Å². The predicted molar refractivity (Wildman–Crippen MR) is 76.6 cm³/mol. The Balaban J connectivity index is 3.03. The summed E-state index contributed by atoms with van der Waals surface area (Å²) < 4.78 is 12.6. The summed E-state index contributed by atoms with van der Waals surface area (Å²) in [6, 6.07) is 4.30. The summed E-state index contributed by atoms with van der Waals surface area (Å²) in [5.74, 6) is 4.57. The number of nitrogens with two attached hydrogens (primary N) is 2. The molecule has 0 saturated carbocycles. The van der Waals surface area contributed by atoms with Crippen molar-refractivity contribution in [3.05, 3.63) is 29.6 Å². The van der Waals surface area contributed by atoms with Gasteiger partial charge in [-0.05, 0) is 31.5 Å². The van der Waals surface area contributed by atoms with E-state index in [0.717, 1.165) is 0 Å². The van der Waals surface area contributed by atoms with Crippen LogP contribution in [0.25, 0.3) is 0 Å². The van der Waals surface area contributed by atoms with Crippen molar-refractivity contribution >= 4 is 34.2 Å². The van der Waals surface area contributed by atoms with E-state index in [1.165, 1.54) is 26.0 Å². The zero-order valence-corrected chi connectivity index (χ0v) is 12.2. The minimum atomic E-state index is -1.29. The maximum atomic E-state index is 13.0. The molecule has 1 aromatic rings. The lowest BCUT2D eigenvalue weighted by atomic mass is 10.1. The van der Waals surface area contributed by atoms with Crippen LogP contribution in [0.5, 0.6) is 0 Å². The molecule has 0 amide bonds. The van der Waals surface area contributed by atoms with Crippen molar-refractivity contribution in [3.63, 3.8) is 0 Å². The van der Waals surface area contributed by atoms with E-state index in [2.05, 4.69) is 9.83 Å². The van der Waals surface area contributed by atoms with E-state index < -0.39 is 15.5 Å². The first-order valence-electron chi connectivity index (χ1n) is 5.12. The van der Waals surface area contributed by atoms with Gasteiger partial charge in [0, 0.05) is 0 Å². The molecule has 0 fully saturated rings. The highest BCUT2D eigenvalue weighted by Crippen LogP contribution is 2.28. The third-order valence-electron chi connectivity index (χ3n) is 2.16. The fraction of sp³-hybridized carbons (Fsp3) is 0.364. The van der Waals surface area contributed by atoms with Crippen LogP contribution in [0.3, 0.4) is 0 Å². The Kier molecular flexibility index (Phi) is 4.88. The monoisotopic (exact) mass is 367 g/mol. The molecule has 5 nitrogen and oxygen atoms in total. The molecule has 0 aromatic heterocycles. The highest BCUT2D eigenvalue weighted by Gasteiger charge is 2.24. The topological polar surface area (TPSA) is 93.9 Å². The van der Waals surface area contributed by atoms with Gasteiger partial charge in [-0.1, -0.05) is 28.7 Å². The third kappa shape index (κ3) is 3.79. The average molecular weight is 367 g/mol. The Bertz CT molecular complexity index is 460. The van der Waals surface area contributed by atoms with Gasteiger partial charge in [-0.2, -0.15) is 5.90 Å². The van der Waals surface area contributed by atoms with E-state index in [9.17, 15) is 9.50 Å². The normalized spacial score (nSPS) is 14.4. The molecule has 0 bridgehead atoms. The third-order valence-corrected chi connectivity index (χ3v) is 3.16. The van der Waals surface area contributed by atoms with Gasteiger partial charge in [0.1, 0.15) is 15.5 Å². The first-order valence-corrected chi connectivity index (χ1v) is 6.36. The highest BCUT2D eigenvalue weighted by atomic mass is 127. The Morgan fingerprint density at radius 2 is 2.17 bits per heavy atom. The summed E-state index contributed by atoms with van der Waals surface area (Å²) >= 11 is 2.00. The first kappa shape index (κ1) is 15.1. The second-order valence-corrected chi connectivity index (χ2v) is 5.41. The predicted octanol–water partition coefficient (Wildman–Crippen LogP) is 1.90. The molecule has 0 radical (unpaired) electrons.